The van der Waals surface area contributed by atoms with Crippen molar-refractivity contribution in [1.29, 1.82) is 0 Å². The topological polar surface area (TPSA) is 70.6 Å². The molecule has 6 heteroatoms. The molecule has 2 amide bonds. The van der Waals surface area contributed by atoms with Gasteiger partial charge in [-0.3, -0.25) is 9.59 Å². The lowest BCUT2D eigenvalue weighted by molar-refractivity contribution is -0.121. The zero-order chi connectivity index (χ0) is 13.7. The Morgan fingerprint density at radius 3 is 2.68 bits per heavy atom. The van der Waals surface area contributed by atoms with Gasteiger partial charge in [0.1, 0.15) is 0 Å². The average Bonchev–Trinajstić information content (AvgIpc) is 2.41. The van der Waals surface area contributed by atoms with Gasteiger partial charge in [0, 0.05) is 18.5 Å². The quantitative estimate of drug-likeness (QED) is 0.878. The van der Waals surface area contributed by atoms with Crippen molar-refractivity contribution in [3.05, 3.63) is 29.8 Å². The molecule has 1 aliphatic heterocycles. The predicted molar refractivity (Wildman–Crippen MR) is 77.4 cm³/mol. The van der Waals surface area contributed by atoms with Crippen LogP contribution in [0.15, 0.2) is 29.4 Å². The molecule has 0 atom stereocenters. The first-order valence-corrected chi connectivity index (χ1v) is 7.33. The maximum absolute atomic E-state index is 11.4. The summed E-state index contributed by atoms with van der Waals surface area (Å²) in [6.45, 7) is 0. The fourth-order valence-corrected chi connectivity index (χ4v) is 2.09. The smallest absolute Gasteiger partial charge is 0.240 e. The summed E-state index contributed by atoms with van der Waals surface area (Å²) in [7, 11) is 0. The van der Waals surface area contributed by atoms with Gasteiger partial charge in [-0.05, 0) is 24.0 Å². The number of carbonyl (C=O) groups excluding carboxylic acids is 2. The van der Waals surface area contributed by atoms with E-state index in [1.165, 1.54) is 11.8 Å². The van der Waals surface area contributed by atoms with E-state index in [-0.39, 0.29) is 11.8 Å². The van der Waals surface area contributed by atoms with Crippen LogP contribution in [0.2, 0.25) is 0 Å². The highest BCUT2D eigenvalue weighted by atomic mass is 32.2. The Hall–Kier alpha value is -1.82. The number of rotatable bonds is 4. The summed E-state index contributed by atoms with van der Waals surface area (Å²) in [5.74, 6) is 0.382. The highest BCUT2D eigenvalue weighted by Gasteiger charge is 2.13. The van der Waals surface area contributed by atoms with Gasteiger partial charge in [0.2, 0.25) is 11.8 Å². The van der Waals surface area contributed by atoms with Crippen LogP contribution in [0.3, 0.4) is 0 Å². The molecule has 0 bridgehead atoms. The summed E-state index contributed by atoms with van der Waals surface area (Å²) in [5.41, 5.74) is 5.06. The second-order valence-corrected chi connectivity index (χ2v) is 5.02. The summed E-state index contributed by atoms with van der Waals surface area (Å²) >= 11 is 1.48. The van der Waals surface area contributed by atoms with Gasteiger partial charge in [0.25, 0.3) is 0 Å². The number of carbonyl (C=O) groups is 2. The molecule has 2 rings (SSSR count). The summed E-state index contributed by atoms with van der Waals surface area (Å²) in [5, 5.41) is 6.84. The zero-order valence-corrected chi connectivity index (χ0v) is 11.4. The summed E-state index contributed by atoms with van der Waals surface area (Å²) in [6, 6.07) is 7.47. The van der Waals surface area contributed by atoms with Crippen LogP contribution >= 0.6 is 11.8 Å². The summed E-state index contributed by atoms with van der Waals surface area (Å²) < 4.78 is 0. The number of benzene rings is 1. The largest absolute Gasteiger partial charge is 0.325 e. The van der Waals surface area contributed by atoms with Crippen molar-refractivity contribution < 1.29 is 9.59 Å². The molecule has 0 aliphatic carbocycles. The molecular weight excluding hydrogens is 262 g/mol. The Bertz CT molecular complexity index is 511. The molecule has 0 radical (unpaired) electrons. The van der Waals surface area contributed by atoms with Crippen molar-refractivity contribution in [3.8, 4) is 0 Å². The Morgan fingerprint density at radius 2 is 2.11 bits per heavy atom. The van der Waals surface area contributed by atoms with E-state index in [0.29, 0.717) is 18.6 Å². The number of hydrazone groups is 1. The fraction of sp³-hybridized carbons (Fsp3) is 0.308. The minimum atomic E-state index is -0.0512. The Balaban J connectivity index is 2.02. The molecule has 2 N–H and O–H groups in total. The molecule has 0 saturated heterocycles. The standard InChI is InChI=1S/C13H15N3O2S/c1-19-8-13(18)14-10-4-2-9(3-5-10)11-6-7-12(17)16-15-11/h2-5H,6-8H2,1H3,(H,14,18)(H,16,17). The van der Waals surface area contributed by atoms with Gasteiger partial charge in [0.05, 0.1) is 11.5 Å². The van der Waals surface area contributed by atoms with Crippen LogP contribution in [0.4, 0.5) is 5.69 Å². The van der Waals surface area contributed by atoms with Gasteiger partial charge in [-0.25, -0.2) is 5.43 Å². The SMILES string of the molecule is CSCC(=O)Nc1ccc(C2=NNC(=O)CC2)cc1. The number of nitrogens with one attached hydrogen (secondary N) is 2. The monoisotopic (exact) mass is 277 g/mol. The average molecular weight is 277 g/mol. The fourth-order valence-electron chi connectivity index (χ4n) is 1.76. The van der Waals surface area contributed by atoms with Gasteiger partial charge < -0.3 is 5.32 Å². The normalized spacial score (nSPS) is 14.6. The maximum Gasteiger partial charge on any atom is 0.240 e. The molecule has 0 unspecified atom stereocenters. The van der Waals surface area contributed by atoms with Gasteiger partial charge >= 0.3 is 0 Å². The molecule has 0 aromatic heterocycles. The molecular formula is C13H15N3O2S. The van der Waals surface area contributed by atoms with Crippen molar-refractivity contribution in [2.24, 2.45) is 5.10 Å². The Morgan fingerprint density at radius 1 is 1.37 bits per heavy atom. The number of hydrogen-bond acceptors (Lipinski definition) is 4. The molecule has 1 aliphatic rings. The van der Waals surface area contributed by atoms with E-state index < -0.39 is 0 Å². The third kappa shape index (κ3) is 3.82. The molecule has 0 fully saturated rings. The first kappa shape index (κ1) is 13.6. The molecule has 1 aromatic rings. The van der Waals surface area contributed by atoms with Crippen LogP contribution in [0.5, 0.6) is 0 Å². The molecule has 100 valence electrons. The van der Waals surface area contributed by atoms with Crippen molar-refractivity contribution in [2.45, 2.75) is 12.8 Å². The molecule has 0 spiro atoms. The Labute approximate surface area is 115 Å². The highest BCUT2D eigenvalue weighted by Crippen LogP contribution is 2.14. The van der Waals surface area contributed by atoms with Crippen molar-refractivity contribution in [3.63, 3.8) is 0 Å². The minimum absolute atomic E-state index is 0.0116. The number of hydrogen-bond donors (Lipinski definition) is 2. The van der Waals surface area contributed by atoms with E-state index >= 15 is 0 Å². The van der Waals surface area contributed by atoms with Crippen LogP contribution in [0.1, 0.15) is 18.4 Å². The van der Waals surface area contributed by atoms with Gasteiger partial charge in [-0.1, -0.05) is 12.1 Å². The Kier molecular flexibility index (Phi) is 4.57. The van der Waals surface area contributed by atoms with Crippen LogP contribution in [-0.4, -0.2) is 29.5 Å². The molecule has 19 heavy (non-hydrogen) atoms. The number of nitrogens with zero attached hydrogens (tertiary/aromatic N) is 1. The van der Waals surface area contributed by atoms with Crippen molar-refractivity contribution in [2.75, 3.05) is 17.3 Å². The lowest BCUT2D eigenvalue weighted by atomic mass is 10.0. The lowest BCUT2D eigenvalue weighted by Crippen LogP contribution is -2.25. The van der Waals surface area contributed by atoms with E-state index in [0.717, 1.165) is 17.0 Å². The zero-order valence-electron chi connectivity index (χ0n) is 10.6. The third-order valence-electron chi connectivity index (χ3n) is 2.68. The van der Waals surface area contributed by atoms with E-state index in [4.69, 9.17) is 0 Å². The number of thioether (sulfide) groups is 1. The lowest BCUT2D eigenvalue weighted by Gasteiger charge is -2.12. The van der Waals surface area contributed by atoms with Crippen LogP contribution in [0, 0.1) is 0 Å². The predicted octanol–water partition coefficient (Wildman–Crippen LogP) is 1.60. The van der Waals surface area contributed by atoms with Crippen molar-refractivity contribution >= 4 is 35.0 Å². The van der Waals surface area contributed by atoms with E-state index in [2.05, 4.69) is 15.8 Å². The van der Waals surface area contributed by atoms with Crippen LogP contribution in [-0.2, 0) is 9.59 Å². The van der Waals surface area contributed by atoms with Gasteiger partial charge in [0.15, 0.2) is 0 Å². The number of amides is 2. The van der Waals surface area contributed by atoms with E-state index in [9.17, 15) is 9.59 Å². The maximum atomic E-state index is 11.4. The second kappa shape index (κ2) is 6.38. The first-order chi connectivity index (χ1) is 9.19. The van der Waals surface area contributed by atoms with Crippen LogP contribution < -0.4 is 10.7 Å². The van der Waals surface area contributed by atoms with Crippen LogP contribution in [0.25, 0.3) is 0 Å². The first-order valence-electron chi connectivity index (χ1n) is 5.93. The molecule has 1 heterocycles. The number of anilines is 1. The summed E-state index contributed by atoms with van der Waals surface area (Å²) in [6.07, 6.45) is 2.99. The van der Waals surface area contributed by atoms with Crippen molar-refractivity contribution in [1.82, 2.24) is 5.43 Å². The molecule has 0 saturated carbocycles. The molecule has 5 nitrogen and oxygen atoms in total. The van der Waals surface area contributed by atoms with E-state index in [1.54, 1.807) is 0 Å². The molecule has 1 aromatic carbocycles. The third-order valence-corrected chi connectivity index (χ3v) is 3.23. The van der Waals surface area contributed by atoms with Gasteiger partial charge in [-0.15, -0.1) is 0 Å². The second-order valence-electron chi connectivity index (χ2n) is 4.15. The van der Waals surface area contributed by atoms with E-state index in [1.807, 2.05) is 30.5 Å². The van der Waals surface area contributed by atoms with Gasteiger partial charge in [-0.2, -0.15) is 16.9 Å². The summed E-state index contributed by atoms with van der Waals surface area (Å²) in [4.78, 5) is 22.4. The minimum Gasteiger partial charge on any atom is -0.325 e. The highest BCUT2D eigenvalue weighted by molar-refractivity contribution is 7.99.